The molecule has 234 valence electrons. The maximum Gasteiger partial charge on any atom is 0.406 e. The summed E-state index contributed by atoms with van der Waals surface area (Å²) < 4.78 is 76.5. The number of anilines is 1. The molecule has 0 spiro atoms. The van der Waals surface area contributed by atoms with Crippen LogP contribution in [0, 0.1) is 11.8 Å². The first-order valence-electron chi connectivity index (χ1n) is 14.0. The van der Waals surface area contributed by atoms with Crippen LogP contribution >= 0.6 is 0 Å². The molecule has 0 bridgehead atoms. The molecular formula is C31H39F3N4O4S. The first-order valence-corrected chi connectivity index (χ1v) is 15.9. The number of nitrogens with zero attached hydrogens (tertiary/aromatic N) is 2. The number of likely N-dealkylation sites (N-methyl/N-ethyl adjacent to an activating group) is 1. The molecule has 8 nitrogen and oxygen atoms in total. The van der Waals surface area contributed by atoms with Gasteiger partial charge in [-0.15, -0.1) is 0 Å². The van der Waals surface area contributed by atoms with E-state index >= 15 is 0 Å². The van der Waals surface area contributed by atoms with E-state index in [0.29, 0.717) is 47.8 Å². The van der Waals surface area contributed by atoms with Crippen LogP contribution in [0.2, 0.25) is 0 Å². The van der Waals surface area contributed by atoms with Crippen molar-refractivity contribution in [2.75, 3.05) is 52.5 Å². The largest absolute Gasteiger partial charge is 0.495 e. The minimum absolute atomic E-state index is 0.0911. The highest BCUT2D eigenvalue weighted by atomic mass is 32.2. The van der Waals surface area contributed by atoms with Crippen molar-refractivity contribution < 1.29 is 31.1 Å². The van der Waals surface area contributed by atoms with Gasteiger partial charge in [-0.2, -0.15) is 13.2 Å². The van der Waals surface area contributed by atoms with E-state index < -0.39 is 28.1 Å². The van der Waals surface area contributed by atoms with Crippen LogP contribution in [0.25, 0.3) is 10.9 Å². The fourth-order valence-electron chi connectivity index (χ4n) is 5.74. The van der Waals surface area contributed by atoms with Gasteiger partial charge in [0.05, 0.1) is 36.5 Å². The number of ether oxygens (including phenoxy) is 2. The summed E-state index contributed by atoms with van der Waals surface area (Å²) in [6.45, 7) is 0.384. The Morgan fingerprint density at radius 1 is 1.16 bits per heavy atom. The number of rotatable bonds is 10. The molecule has 1 aliphatic carbocycles. The summed E-state index contributed by atoms with van der Waals surface area (Å²) in [5.74, 6) is 6.13. The van der Waals surface area contributed by atoms with Gasteiger partial charge in [-0.1, -0.05) is 18.1 Å². The topological polar surface area (TPSA) is 98.8 Å². The van der Waals surface area contributed by atoms with E-state index in [1.165, 1.54) is 23.8 Å². The second-order valence-electron chi connectivity index (χ2n) is 11.1. The van der Waals surface area contributed by atoms with E-state index in [-0.39, 0.29) is 17.1 Å². The summed E-state index contributed by atoms with van der Waals surface area (Å²) in [6.07, 6.45) is -0.164. The van der Waals surface area contributed by atoms with Crippen LogP contribution in [0.1, 0.15) is 36.9 Å². The predicted molar refractivity (Wildman–Crippen MR) is 162 cm³/mol. The summed E-state index contributed by atoms with van der Waals surface area (Å²) in [5, 5.41) is 3.73. The molecule has 1 aromatic heterocycles. The standard InChI is InChI=1S/C31H39F3N4O4S/c1-37(17-18-41-2)22-12-14-30(35,15-13-22)26-8-5-9-28-25(26)19-23(38(28)21-31(32,33)34)7-6-16-36-27-11-10-24(43(4,39)40)20-29(27)42-3/h5,8-11,19-20,22,36H,12-18,21,35H2,1-4H3. The van der Waals surface area contributed by atoms with E-state index in [1.807, 2.05) is 6.07 Å². The van der Waals surface area contributed by atoms with E-state index in [1.54, 1.807) is 31.4 Å². The Kier molecular flexibility index (Phi) is 10.0. The van der Waals surface area contributed by atoms with Crippen LogP contribution in [-0.4, -0.2) is 77.3 Å². The zero-order valence-corrected chi connectivity index (χ0v) is 25.7. The lowest BCUT2D eigenvalue weighted by molar-refractivity contribution is -0.140. The number of halogens is 3. The highest BCUT2D eigenvalue weighted by Crippen LogP contribution is 2.40. The van der Waals surface area contributed by atoms with Gasteiger partial charge in [0, 0.05) is 48.5 Å². The second kappa shape index (κ2) is 13.2. The molecule has 1 saturated carbocycles. The molecule has 1 fully saturated rings. The fourth-order valence-corrected chi connectivity index (χ4v) is 6.38. The average Bonchev–Trinajstić information content (AvgIpc) is 3.29. The van der Waals surface area contributed by atoms with Crippen molar-refractivity contribution in [1.29, 1.82) is 0 Å². The molecule has 12 heteroatoms. The van der Waals surface area contributed by atoms with Gasteiger partial charge >= 0.3 is 6.18 Å². The van der Waals surface area contributed by atoms with Crippen molar-refractivity contribution in [3.05, 3.63) is 53.7 Å². The molecule has 4 rings (SSSR count). The lowest BCUT2D eigenvalue weighted by Crippen LogP contribution is -2.46. The molecule has 0 unspecified atom stereocenters. The van der Waals surface area contributed by atoms with Gasteiger partial charge in [-0.3, -0.25) is 0 Å². The number of alkyl halides is 3. The molecule has 0 saturated heterocycles. The quantitative estimate of drug-likeness (QED) is 0.316. The Morgan fingerprint density at radius 2 is 1.88 bits per heavy atom. The highest BCUT2D eigenvalue weighted by molar-refractivity contribution is 7.90. The van der Waals surface area contributed by atoms with Gasteiger partial charge in [-0.25, -0.2) is 8.42 Å². The first kappa shape index (κ1) is 32.7. The van der Waals surface area contributed by atoms with Gasteiger partial charge in [0.2, 0.25) is 0 Å². The number of benzene rings is 2. The van der Waals surface area contributed by atoms with E-state index in [4.69, 9.17) is 15.2 Å². The maximum atomic E-state index is 13.7. The Balaban J connectivity index is 1.61. The minimum Gasteiger partial charge on any atom is -0.495 e. The zero-order valence-electron chi connectivity index (χ0n) is 24.9. The van der Waals surface area contributed by atoms with Crippen molar-refractivity contribution in [1.82, 2.24) is 9.47 Å². The maximum absolute atomic E-state index is 13.7. The monoisotopic (exact) mass is 620 g/mol. The van der Waals surface area contributed by atoms with Gasteiger partial charge in [0.1, 0.15) is 12.3 Å². The number of hydrogen-bond donors (Lipinski definition) is 2. The van der Waals surface area contributed by atoms with E-state index in [2.05, 4.69) is 29.1 Å². The Labute approximate surface area is 251 Å². The molecule has 2 aromatic carbocycles. The number of aromatic nitrogens is 1. The van der Waals surface area contributed by atoms with Crippen molar-refractivity contribution in [3.8, 4) is 17.6 Å². The van der Waals surface area contributed by atoms with Gasteiger partial charge in [0.15, 0.2) is 9.84 Å². The summed E-state index contributed by atoms with van der Waals surface area (Å²) in [5.41, 5.74) is 8.33. The highest BCUT2D eigenvalue weighted by Gasteiger charge is 2.37. The molecule has 1 aliphatic rings. The van der Waals surface area contributed by atoms with Gasteiger partial charge < -0.3 is 30.0 Å². The van der Waals surface area contributed by atoms with Crippen molar-refractivity contribution in [2.24, 2.45) is 5.73 Å². The van der Waals surface area contributed by atoms with E-state index in [0.717, 1.165) is 31.2 Å². The predicted octanol–water partition coefficient (Wildman–Crippen LogP) is 4.75. The molecule has 3 aromatic rings. The van der Waals surface area contributed by atoms with Crippen molar-refractivity contribution >= 4 is 26.4 Å². The summed E-state index contributed by atoms with van der Waals surface area (Å²) in [6, 6.07) is 11.9. The molecule has 3 N–H and O–H groups in total. The SMILES string of the molecule is COCCN(C)C1CCC(N)(c2cccc3c2cc(C#CCNc2ccc(S(C)(=O)=O)cc2OC)n3CC(F)(F)F)CC1. The molecule has 0 aliphatic heterocycles. The smallest absolute Gasteiger partial charge is 0.406 e. The lowest BCUT2D eigenvalue weighted by atomic mass is 9.74. The third-order valence-corrected chi connectivity index (χ3v) is 9.23. The summed E-state index contributed by atoms with van der Waals surface area (Å²) in [4.78, 5) is 2.39. The first-order chi connectivity index (χ1) is 20.3. The van der Waals surface area contributed by atoms with Gasteiger partial charge in [0.25, 0.3) is 0 Å². The van der Waals surface area contributed by atoms with Crippen LogP contribution in [-0.2, 0) is 26.7 Å². The Hall–Kier alpha value is -3.24. The number of nitrogens with two attached hydrogens (primary N) is 1. The lowest BCUT2D eigenvalue weighted by Gasteiger charge is -2.41. The molecule has 0 amide bonds. The molecule has 0 atom stereocenters. The second-order valence-corrected chi connectivity index (χ2v) is 13.1. The number of nitrogens with one attached hydrogen (secondary N) is 1. The minimum atomic E-state index is -4.45. The third kappa shape index (κ3) is 7.84. The summed E-state index contributed by atoms with van der Waals surface area (Å²) >= 11 is 0. The molecule has 43 heavy (non-hydrogen) atoms. The molecule has 0 radical (unpaired) electrons. The van der Waals surface area contributed by atoms with Gasteiger partial charge in [-0.05, 0) is 68.5 Å². The molecular weight excluding hydrogens is 581 g/mol. The Bertz CT molecular complexity index is 1600. The normalized spacial score (nSPS) is 19.3. The number of methoxy groups -OCH3 is 2. The van der Waals surface area contributed by atoms with Crippen molar-refractivity contribution in [2.45, 2.75) is 54.9 Å². The van der Waals surface area contributed by atoms with Crippen LogP contribution < -0.4 is 15.8 Å². The number of hydrogen-bond acceptors (Lipinski definition) is 7. The van der Waals surface area contributed by atoms with Crippen LogP contribution in [0.15, 0.2) is 47.4 Å². The fraction of sp³-hybridized carbons (Fsp3) is 0.484. The average molecular weight is 621 g/mol. The van der Waals surface area contributed by atoms with Crippen LogP contribution in [0.3, 0.4) is 0 Å². The summed E-state index contributed by atoms with van der Waals surface area (Å²) in [7, 11) is 1.75. The van der Waals surface area contributed by atoms with Crippen LogP contribution in [0.4, 0.5) is 18.9 Å². The van der Waals surface area contributed by atoms with Crippen LogP contribution in [0.5, 0.6) is 5.75 Å². The zero-order chi connectivity index (χ0) is 31.4. The van der Waals surface area contributed by atoms with Crippen molar-refractivity contribution in [3.63, 3.8) is 0 Å². The number of fused-ring (bicyclic) bond motifs is 1. The molecule has 1 heterocycles. The third-order valence-electron chi connectivity index (χ3n) is 8.12. The van der Waals surface area contributed by atoms with E-state index in [9.17, 15) is 21.6 Å². The Morgan fingerprint density at radius 3 is 2.51 bits per heavy atom. The number of sulfone groups is 1.